The zero-order valence-electron chi connectivity index (χ0n) is 34.1. The number of piperazine rings is 2. The van der Waals surface area contributed by atoms with Crippen molar-refractivity contribution in [3.63, 3.8) is 0 Å². The number of amides is 1. The van der Waals surface area contributed by atoms with Crippen LogP contribution in [0.25, 0.3) is 0 Å². The first-order valence-electron chi connectivity index (χ1n) is 21.5. The van der Waals surface area contributed by atoms with Gasteiger partial charge in [0.25, 0.3) is 5.91 Å². The first-order chi connectivity index (χ1) is 27.2. The highest BCUT2D eigenvalue weighted by atomic mass is 35.5. The number of carbonyl (C=O) groups excluding carboxylic acids is 2. The molecule has 57 heavy (non-hydrogen) atoms. The summed E-state index contributed by atoms with van der Waals surface area (Å²) in [6.45, 7) is 14.2. The van der Waals surface area contributed by atoms with Crippen molar-refractivity contribution in [3.8, 4) is 5.75 Å². The molecule has 2 N–H and O–H groups in total. The molecule has 6 aliphatic rings. The molecule has 0 unspecified atom stereocenters. The van der Waals surface area contributed by atoms with Gasteiger partial charge in [0.15, 0.2) is 0 Å². The first-order valence-corrected chi connectivity index (χ1v) is 23.4. The molecule has 2 aromatic carbocycles. The number of ether oxygens (including phenoxy) is 1. The highest BCUT2D eigenvalue weighted by Gasteiger charge is 2.50. The standard InChI is InChI=1S/C44H62ClN5O6S/c1-30-6-4-16-44(53,28-48-19-21-49-20-18-47(17-14-31(2)51)25-37(49)26-48)39-11-8-35(39)24-50-27-43(15-5-7-33-22-36(45)10-12-38(33)43)29-56-41-13-9-34(23-40(41)50)42(52)46-57(54,55)32(30)3/h9-10,12-13,22-23,30,32,35,37,39,53H,4-8,11,14-21,24-29H2,1-3H3,(H,46,52)/t30-,32+,35-,37+,39+,43-,44+/m0/s1. The third kappa shape index (κ3) is 8.51. The van der Waals surface area contributed by atoms with Crippen LogP contribution in [0.15, 0.2) is 36.4 Å². The van der Waals surface area contributed by atoms with Crippen molar-refractivity contribution in [2.45, 2.75) is 101 Å². The van der Waals surface area contributed by atoms with Gasteiger partial charge in [-0.25, -0.2) is 13.1 Å². The molecule has 13 heteroatoms. The maximum atomic E-state index is 13.7. The number of β-amino-alcohol motifs (C(OH)–C–C–N with tert-alkyl or cyclic N) is 1. The minimum atomic E-state index is -3.97. The summed E-state index contributed by atoms with van der Waals surface area (Å²) in [6, 6.07) is 11.9. The van der Waals surface area contributed by atoms with Crippen LogP contribution >= 0.6 is 11.6 Å². The molecule has 1 saturated carbocycles. The van der Waals surface area contributed by atoms with Crippen LogP contribution in [-0.2, 0) is 26.7 Å². The van der Waals surface area contributed by atoms with Gasteiger partial charge in [-0.3, -0.25) is 19.4 Å². The summed E-state index contributed by atoms with van der Waals surface area (Å²) in [6.07, 6.45) is 7.37. The van der Waals surface area contributed by atoms with Gasteiger partial charge in [0.05, 0.1) is 23.1 Å². The van der Waals surface area contributed by atoms with Crippen molar-refractivity contribution in [3.05, 3.63) is 58.1 Å². The lowest BCUT2D eigenvalue weighted by molar-refractivity contribution is -0.119. The number of aryl methyl sites for hydroxylation is 1. The molecule has 0 radical (unpaired) electrons. The third-order valence-electron chi connectivity index (χ3n) is 14.8. The Bertz CT molecular complexity index is 1950. The molecule has 3 fully saturated rings. The van der Waals surface area contributed by atoms with Gasteiger partial charge in [0.2, 0.25) is 10.0 Å². The number of sulfonamides is 1. The lowest BCUT2D eigenvalue weighted by Crippen LogP contribution is -2.64. The van der Waals surface area contributed by atoms with E-state index >= 15 is 0 Å². The summed E-state index contributed by atoms with van der Waals surface area (Å²) in [7, 11) is -3.97. The molecule has 2 aliphatic carbocycles. The highest BCUT2D eigenvalue weighted by Crippen LogP contribution is 2.49. The van der Waals surface area contributed by atoms with Gasteiger partial charge < -0.3 is 19.6 Å². The van der Waals surface area contributed by atoms with E-state index in [-0.39, 0.29) is 34.5 Å². The summed E-state index contributed by atoms with van der Waals surface area (Å²) < 4.78 is 36.4. The van der Waals surface area contributed by atoms with Crippen molar-refractivity contribution in [1.29, 1.82) is 0 Å². The average molecular weight is 825 g/mol. The molecule has 0 aromatic heterocycles. The number of hydrogen-bond acceptors (Lipinski definition) is 10. The second-order valence-electron chi connectivity index (χ2n) is 18.6. The SMILES string of the molecule is CC(=O)CCN1CCN2CCN(C[C@]3(O)CCC[C@H](C)[C@@H](C)S(=O)(=O)NC(=O)c4ccc5c(c4)N(C[C@@H]4CC[C@H]43)C[C@@]3(CCCc4cc(Cl)ccc43)CO5)C[C@H]2C1. The fourth-order valence-electron chi connectivity index (χ4n) is 11.1. The van der Waals surface area contributed by atoms with Crippen molar-refractivity contribution < 1.29 is 27.9 Å². The van der Waals surface area contributed by atoms with Gasteiger partial charge in [-0.2, -0.15) is 0 Å². The highest BCUT2D eigenvalue weighted by molar-refractivity contribution is 7.90. The number of ketones is 1. The first kappa shape index (κ1) is 41.0. The van der Waals surface area contributed by atoms with E-state index in [4.69, 9.17) is 16.3 Å². The van der Waals surface area contributed by atoms with Gasteiger partial charge >= 0.3 is 0 Å². The number of Topliss-reactive ketones (excluding diaryl/α,β-unsaturated/α-hetero) is 1. The monoisotopic (exact) mass is 823 g/mol. The van der Waals surface area contributed by atoms with E-state index in [9.17, 15) is 23.1 Å². The van der Waals surface area contributed by atoms with Gasteiger partial charge in [0.1, 0.15) is 11.5 Å². The predicted octanol–water partition coefficient (Wildman–Crippen LogP) is 5.12. The Hall–Kier alpha value is -2.74. The molecule has 1 spiro atoms. The Labute approximate surface area is 344 Å². The number of benzene rings is 2. The molecule has 2 aromatic rings. The number of hydrogen-bond donors (Lipinski definition) is 2. The van der Waals surface area contributed by atoms with Crippen LogP contribution in [0.1, 0.15) is 93.6 Å². The van der Waals surface area contributed by atoms with E-state index in [0.29, 0.717) is 63.7 Å². The Balaban J connectivity index is 1.11. The van der Waals surface area contributed by atoms with Gasteiger partial charge in [-0.1, -0.05) is 31.0 Å². The molecule has 2 saturated heterocycles. The van der Waals surface area contributed by atoms with Crippen LogP contribution in [0.2, 0.25) is 5.02 Å². The van der Waals surface area contributed by atoms with E-state index in [0.717, 1.165) is 88.6 Å². The van der Waals surface area contributed by atoms with Crippen LogP contribution in [0.3, 0.4) is 0 Å². The molecule has 7 atom stereocenters. The Kier molecular flexibility index (Phi) is 11.8. The van der Waals surface area contributed by atoms with Crippen LogP contribution in [0.4, 0.5) is 5.69 Å². The molecule has 8 rings (SSSR count). The summed E-state index contributed by atoms with van der Waals surface area (Å²) >= 11 is 6.51. The molecule has 4 aliphatic heterocycles. The molecular weight excluding hydrogens is 762 g/mol. The van der Waals surface area contributed by atoms with E-state index in [1.807, 2.05) is 25.1 Å². The second kappa shape index (κ2) is 16.4. The smallest absolute Gasteiger partial charge is 0.264 e. The second-order valence-corrected chi connectivity index (χ2v) is 21.0. The van der Waals surface area contributed by atoms with Gasteiger partial charge in [0, 0.05) is 93.9 Å². The van der Waals surface area contributed by atoms with Crippen molar-refractivity contribution in [1.82, 2.24) is 19.4 Å². The van der Waals surface area contributed by atoms with Gasteiger partial charge in [-0.05, 0) is 118 Å². The normalized spacial score (nSPS) is 33.8. The number of rotatable bonds is 5. The summed E-state index contributed by atoms with van der Waals surface area (Å²) in [5.41, 5.74) is 2.34. The quantitative estimate of drug-likeness (QED) is 0.421. The predicted molar refractivity (Wildman–Crippen MR) is 224 cm³/mol. The van der Waals surface area contributed by atoms with Crippen LogP contribution in [0.5, 0.6) is 5.75 Å². The number of nitrogens with zero attached hydrogens (tertiary/aromatic N) is 4. The Morgan fingerprint density at radius 2 is 1.77 bits per heavy atom. The van der Waals surface area contributed by atoms with Crippen molar-refractivity contribution in [2.75, 3.05) is 77.0 Å². The van der Waals surface area contributed by atoms with Crippen molar-refractivity contribution in [2.24, 2.45) is 17.8 Å². The van der Waals surface area contributed by atoms with E-state index in [1.165, 1.54) is 11.1 Å². The van der Waals surface area contributed by atoms with Crippen molar-refractivity contribution >= 4 is 39.0 Å². The topological polar surface area (TPSA) is 123 Å². The maximum absolute atomic E-state index is 13.7. The van der Waals surface area contributed by atoms with E-state index < -0.39 is 26.8 Å². The zero-order valence-corrected chi connectivity index (χ0v) is 35.6. The molecule has 312 valence electrons. The number of carbonyl (C=O) groups is 2. The van der Waals surface area contributed by atoms with Crippen LogP contribution in [0, 0.1) is 17.8 Å². The number of anilines is 1. The van der Waals surface area contributed by atoms with E-state index in [2.05, 4.69) is 36.5 Å². The Morgan fingerprint density at radius 1 is 0.982 bits per heavy atom. The number of aliphatic hydroxyl groups is 1. The average Bonchev–Trinajstić information content (AvgIpc) is 3.31. The van der Waals surface area contributed by atoms with Crippen LogP contribution < -0.4 is 14.4 Å². The fourth-order valence-corrected chi connectivity index (χ4v) is 12.6. The minimum absolute atomic E-state index is 0.0748. The summed E-state index contributed by atoms with van der Waals surface area (Å²) in [5, 5.41) is 13.0. The number of halogens is 1. The van der Waals surface area contributed by atoms with Gasteiger partial charge in [-0.15, -0.1) is 0 Å². The van der Waals surface area contributed by atoms with E-state index in [1.54, 1.807) is 19.9 Å². The largest absolute Gasteiger partial charge is 0.490 e. The molecule has 2 bridgehead atoms. The lowest BCUT2D eigenvalue weighted by atomic mass is 9.62. The lowest BCUT2D eigenvalue weighted by Gasteiger charge is -2.53. The summed E-state index contributed by atoms with van der Waals surface area (Å²) in [5.74, 6) is 0.376. The van der Waals surface area contributed by atoms with Crippen LogP contribution in [-0.4, -0.2) is 129 Å². The molecule has 11 nitrogen and oxygen atoms in total. The zero-order chi connectivity index (χ0) is 40.1. The minimum Gasteiger partial charge on any atom is -0.490 e. The molecule has 4 heterocycles. The molecule has 1 amide bonds. The third-order valence-corrected chi connectivity index (χ3v) is 16.9. The summed E-state index contributed by atoms with van der Waals surface area (Å²) in [4.78, 5) is 35.3. The number of nitrogens with one attached hydrogen (secondary N) is 1. The molecular formula is C44H62ClN5O6S. The fraction of sp³-hybridized carbons (Fsp3) is 0.682. The maximum Gasteiger partial charge on any atom is 0.264 e. The Morgan fingerprint density at radius 3 is 2.54 bits per heavy atom. The number of fused-ring (bicyclic) bond motifs is 5.